The highest BCUT2D eigenvalue weighted by Gasteiger charge is 2.10. The van der Waals surface area contributed by atoms with Crippen LogP contribution in [0.15, 0.2) is 16.6 Å². The lowest BCUT2D eigenvalue weighted by Gasteiger charge is -2.17. The molecule has 1 aliphatic rings. The first-order valence-electron chi connectivity index (χ1n) is 3.98. The summed E-state index contributed by atoms with van der Waals surface area (Å²) in [7, 11) is 0. The molecule has 0 unspecified atom stereocenters. The smallest absolute Gasteiger partial charge is 0.130 e. The fourth-order valence-electron chi connectivity index (χ4n) is 1.49. The maximum atomic E-state index is 9.40. The molecule has 2 nitrogen and oxygen atoms in total. The first-order valence-corrected chi connectivity index (χ1v) is 4.77. The molecular weight excluding hydrogens is 298 g/mol. The second-order valence-corrected chi connectivity index (χ2v) is 3.85. The lowest BCUT2D eigenvalue weighted by Crippen LogP contribution is -2.23. The minimum Gasteiger partial charge on any atom is -0.507 e. The van der Waals surface area contributed by atoms with E-state index in [0.29, 0.717) is 5.75 Å². The van der Waals surface area contributed by atoms with Gasteiger partial charge < -0.3 is 10.4 Å². The number of halogens is 2. The summed E-state index contributed by atoms with van der Waals surface area (Å²) in [6.45, 7) is 1.90. The number of hydrogen-bond donors (Lipinski definition) is 2. The van der Waals surface area contributed by atoms with E-state index in [-0.39, 0.29) is 17.0 Å². The highest BCUT2D eigenvalue weighted by atomic mass is 79.9. The second kappa shape index (κ2) is 4.44. The summed E-state index contributed by atoms with van der Waals surface area (Å²) < 4.78 is 0.795. The predicted octanol–water partition coefficient (Wildman–Crippen LogP) is 2.38. The molecule has 0 atom stereocenters. The standard InChI is InChI=1S/C9H10BrNO.BrH/c10-8-3-6-1-2-11-5-7(6)4-9(8)12;/h3-4,11-12H,1-2,5H2;1H. The zero-order valence-corrected chi connectivity index (χ0v) is 10.3. The Labute approximate surface area is 96.2 Å². The summed E-state index contributed by atoms with van der Waals surface area (Å²) in [5.74, 6) is 0.331. The molecule has 0 bridgehead atoms. The van der Waals surface area contributed by atoms with Crippen molar-refractivity contribution in [1.82, 2.24) is 5.32 Å². The Bertz CT molecular complexity index is 284. The second-order valence-electron chi connectivity index (χ2n) is 3.00. The van der Waals surface area contributed by atoms with Crippen LogP contribution >= 0.6 is 32.9 Å². The fraction of sp³-hybridized carbons (Fsp3) is 0.333. The summed E-state index contributed by atoms with van der Waals surface area (Å²) in [5, 5.41) is 12.7. The summed E-state index contributed by atoms with van der Waals surface area (Å²) in [5.41, 5.74) is 2.54. The summed E-state index contributed by atoms with van der Waals surface area (Å²) >= 11 is 3.30. The van der Waals surface area contributed by atoms with Gasteiger partial charge in [-0.15, -0.1) is 17.0 Å². The maximum absolute atomic E-state index is 9.40. The highest BCUT2D eigenvalue weighted by molar-refractivity contribution is 9.10. The molecule has 0 spiro atoms. The summed E-state index contributed by atoms with van der Waals surface area (Å²) in [4.78, 5) is 0. The van der Waals surface area contributed by atoms with Crippen molar-refractivity contribution in [2.24, 2.45) is 0 Å². The fourth-order valence-corrected chi connectivity index (χ4v) is 1.88. The van der Waals surface area contributed by atoms with E-state index in [1.165, 1.54) is 11.1 Å². The Kier molecular flexibility index (Phi) is 3.76. The van der Waals surface area contributed by atoms with Gasteiger partial charge in [0.05, 0.1) is 4.47 Å². The minimum absolute atomic E-state index is 0. The predicted molar refractivity (Wildman–Crippen MR) is 61.5 cm³/mol. The van der Waals surface area contributed by atoms with Crippen LogP contribution in [-0.2, 0) is 13.0 Å². The molecular formula is C9H11Br2NO. The van der Waals surface area contributed by atoms with Crippen LogP contribution in [0, 0.1) is 0 Å². The van der Waals surface area contributed by atoms with Crippen LogP contribution in [0.25, 0.3) is 0 Å². The number of rotatable bonds is 0. The molecule has 0 radical (unpaired) electrons. The van der Waals surface area contributed by atoms with Crippen LogP contribution in [0.1, 0.15) is 11.1 Å². The van der Waals surface area contributed by atoms with E-state index in [4.69, 9.17) is 0 Å². The third-order valence-corrected chi connectivity index (χ3v) is 2.79. The third kappa shape index (κ3) is 2.24. The van der Waals surface area contributed by atoms with Crippen LogP contribution in [0.3, 0.4) is 0 Å². The van der Waals surface area contributed by atoms with Gasteiger partial charge in [0, 0.05) is 6.54 Å². The minimum atomic E-state index is 0. The van der Waals surface area contributed by atoms with E-state index in [9.17, 15) is 5.11 Å². The van der Waals surface area contributed by atoms with Crippen LogP contribution < -0.4 is 5.32 Å². The number of phenolic OH excluding ortho intramolecular Hbond substituents is 1. The molecule has 0 aromatic heterocycles. The van der Waals surface area contributed by atoms with Crippen LogP contribution in [-0.4, -0.2) is 11.7 Å². The van der Waals surface area contributed by atoms with E-state index in [1.54, 1.807) is 0 Å². The van der Waals surface area contributed by atoms with Crippen molar-refractivity contribution in [2.45, 2.75) is 13.0 Å². The average Bonchev–Trinajstić information content (AvgIpc) is 2.07. The topological polar surface area (TPSA) is 32.3 Å². The molecule has 1 aliphatic heterocycles. The van der Waals surface area contributed by atoms with Gasteiger partial charge in [0.2, 0.25) is 0 Å². The highest BCUT2D eigenvalue weighted by Crippen LogP contribution is 2.28. The largest absolute Gasteiger partial charge is 0.507 e. The van der Waals surface area contributed by atoms with Crippen LogP contribution in [0.2, 0.25) is 0 Å². The normalized spacial score (nSPS) is 14.5. The van der Waals surface area contributed by atoms with Gasteiger partial charge >= 0.3 is 0 Å². The first kappa shape index (κ1) is 11.0. The van der Waals surface area contributed by atoms with Gasteiger partial charge in [-0.05, 0) is 52.2 Å². The molecule has 1 aromatic carbocycles. The van der Waals surface area contributed by atoms with Gasteiger partial charge in [0.1, 0.15) is 5.75 Å². The zero-order chi connectivity index (χ0) is 8.55. The van der Waals surface area contributed by atoms with Gasteiger partial charge in [0.15, 0.2) is 0 Å². The molecule has 0 fully saturated rings. The summed E-state index contributed by atoms with van der Waals surface area (Å²) in [6, 6.07) is 3.83. The van der Waals surface area contributed by atoms with E-state index < -0.39 is 0 Å². The monoisotopic (exact) mass is 307 g/mol. The van der Waals surface area contributed by atoms with Crippen molar-refractivity contribution < 1.29 is 5.11 Å². The number of fused-ring (bicyclic) bond motifs is 1. The number of benzene rings is 1. The van der Waals surface area contributed by atoms with Gasteiger partial charge in [0.25, 0.3) is 0 Å². The van der Waals surface area contributed by atoms with Crippen molar-refractivity contribution in [1.29, 1.82) is 0 Å². The van der Waals surface area contributed by atoms with Crippen molar-refractivity contribution >= 4 is 32.9 Å². The lowest BCUT2D eigenvalue weighted by molar-refractivity contribution is 0.469. The Hall–Kier alpha value is -0.0600. The van der Waals surface area contributed by atoms with Gasteiger partial charge in [-0.2, -0.15) is 0 Å². The van der Waals surface area contributed by atoms with E-state index in [0.717, 1.165) is 24.0 Å². The van der Waals surface area contributed by atoms with Gasteiger partial charge in [-0.1, -0.05) is 0 Å². The summed E-state index contributed by atoms with van der Waals surface area (Å²) in [6.07, 6.45) is 1.05. The Balaban J connectivity index is 0.000000845. The number of nitrogens with one attached hydrogen (secondary N) is 1. The van der Waals surface area contributed by atoms with Gasteiger partial charge in [-0.25, -0.2) is 0 Å². The molecule has 1 aromatic rings. The maximum Gasteiger partial charge on any atom is 0.130 e. The van der Waals surface area contributed by atoms with Crippen molar-refractivity contribution in [3.8, 4) is 5.75 Å². The first-order chi connectivity index (χ1) is 5.77. The molecule has 2 N–H and O–H groups in total. The van der Waals surface area contributed by atoms with E-state index in [1.807, 2.05) is 12.1 Å². The molecule has 0 aliphatic carbocycles. The van der Waals surface area contributed by atoms with Crippen LogP contribution in [0.4, 0.5) is 0 Å². The molecule has 0 amide bonds. The number of phenols is 1. The van der Waals surface area contributed by atoms with Crippen molar-refractivity contribution in [2.75, 3.05) is 6.54 Å². The lowest BCUT2D eigenvalue weighted by atomic mass is 10.0. The molecule has 72 valence electrons. The van der Waals surface area contributed by atoms with Crippen molar-refractivity contribution in [3.05, 3.63) is 27.7 Å². The third-order valence-electron chi connectivity index (χ3n) is 2.16. The molecule has 13 heavy (non-hydrogen) atoms. The SMILES string of the molecule is Br.Oc1cc2c(cc1Br)CCNC2. The molecule has 0 saturated heterocycles. The quantitative estimate of drug-likeness (QED) is 0.771. The van der Waals surface area contributed by atoms with Crippen molar-refractivity contribution in [3.63, 3.8) is 0 Å². The average molecular weight is 309 g/mol. The van der Waals surface area contributed by atoms with Crippen LogP contribution in [0.5, 0.6) is 5.75 Å². The number of hydrogen-bond acceptors (Lipinski definition) is 2. The van der Waals surface area contributed by atoms with Gasteiger partial charge in [-0.3, -0.25) is 0 Å². The number of aromatic hydroxyl groups is 1. The Morgan fingerprint density at radius 3 is 2.85 bits per heavy atom. The molecule has 2 rings (SSSR count). The zero-order valence-electron chi connectivity index (χ0n) is 7.01. The Morgan fingerprint density at radius 1 is 1.31 bits per heavy atom. The van der Waals surface area contributed by atoms with E-state index in [2.05, 4.69) is 21.2 Å². The molecule has 0 saturated carbocycles. The molecule has 1 heterocycles. The van der Waals surface area contributed by atoms with E-state index >= 15 is 0 Å². The molecule has 4 heteroatoms. The Morgan fingerprint density at radius 2 is 2.08 bits per heavy atom.